The highest BCUT2D eigenvalue weighted by molar-refractivity contribution is 5.91. The molecule has 1 aromatic rings. The summed E-state index contributed by atoms with van der Waals surface area (Å²) in [4.78, 5) is 14.0. The molecule has 19 heavy (non-hydrogen) atoms. The summed E-state index contributed by atoms with van der Waals surface area (Å²) in [6.07, 6.45) is 5.58. The Kier molecular flexibility index (Phi) is 4.38. The van der Waals surface area contributed by atoms with E-state index in [2.05, 4.69) is 12.2 Å². The lowest BCUT2D eigenvalue weighted by Crippen LogP contribution is -2.51. The summed E-state index contributed by atoms with van der Waals surface area (Å²) in [5.74, 6) is 0.113. The van der Waals surface area contributed by atoms with Gasteiger partial charge in [0.25, 0.3) is 0 Å². The summed E-state index contributed by atoms with van der Waals surface area (Å²) < 4.78 is 0. The van der Waals surface area contributed by atoms with Crippen molar-refractivity contribution in [1.29, 1.82) is 0 Å². The predicted molar refractivity (Wildman–Crippen MR) is 78.8 cm³/mol. The normalized spacial score (nSPS) is 18.7. The number of carbonyl (C=O) groups excluding carboxylic acids is 1. The fourth-order valence-corrected chi connectivity index (χ4v) is 2.31. The topological polar surface area (TPSA) is 32.3 Å². The van der Waals surface area contributed by atoms with Gasteiger partial charge in [0.1, 0.15) is 0 Å². The molecule has 1 amide bonds. The highest BCUT2D eigenvalue weighted by atomic mass is 16.2. The number of hydrogen-bond donors (Lipinski definition) is 1. The van der Waals surface area contributed by atoms with Crippen molar-refractivity contribution in [2.45, 2.75) is 25.3 Å². The quantitative estimate of drug-likeness (QED) is 0.844. The van der Waals surface area contributed by atoms with Crippen LogP contribution in [0.5, 0.6) is 0 Å². The van der Waals surface area contributed by atoms with E-state index in [1.165, 1.54) is 0 Å². The van der Waals surface area contributed by atoms with Crippen molar-refractivity contribution in [2.24, 2.45) is 0 Å². The van der Waals surface area contributed by atoms with Gasteiger partial charge >= 0.3 is 0 Å². The lowest BCUT2D eigenvalue weighted by molar-refractivity contribution is -0.127. The van der Waals surface area contributed by atoms with Gasteiger partial charge in [0.2, 0.25) is 5.91 Å². The molecule has 0 radical (unpaired) electrons. The van der Waals surface area contributed by atoms with E-state index in [-0.39, 0.29) is 11.4 Å². The van der Waals surface area contributed by atoms with E-state index in [4.69, 9.17) is 0 Å². The second-order valence-corrected chi connectivity index (χ2v) is 5.38. The SMILES string of the molecule is CNC1(C)CCN(C(=O)/C=C/c2ccccc2)CC1. The molecule has 1 saturated heterocycles. The average Bonchev–Trinajstić information content (AvgIpc) is 2.47. The summed E-state index contributed by atoms with van der Waals surface area (Å²) in [5, 5.41) is 3.34. The second kappa shape index (κ2) is 6.02. The van der Waals surface area contributed by atoms with Gasteiger partial charge in [0, 0.05) is 24.7 Å². The van der Waals surface area contributed by atoms with Gasteiger partial charge in [-0.3, -0.25) is 4.79 Å². The van der Waals surface area contributed by atoms with Gasteiger partial charge < -0.3 is 10.2 Å². The lowest BCUT2D eigenvalue weighted by Gasteiger charge is -2.38. The number of carbonyl (C=O) groups is 1. The highest BCUT2D eigenvalue weighted by Crippen LogP contribution is 2.21. The van der Waals surface area contributed by atoms with Crippen LogP contribution in [0.4, 0.5) is 0 Å². The molecular formula is C16H22N2O. The van der Waals surface area contributed by atoms with Crippen molar-refractivity contribution >= 4 is 12.0 Å². The molecule has 0 bridgehead atoms. The van der Waals surface area contributed by atoms with Crippen molar-refractivity contribution in [3.8, 4) is 0 Å². The summed E-state index contributed by atoms with van der Waals surface area (Å²) in [6.45, 7) is 3.87. The van der Waals surface area contributed by atoms with Crippen LogP contribution in [0.25, 0.3) is 6.08 Å². The Hall–Kier alpha value is -1.61. The zero-order valence-corrected chi connectivity index (χ0v) is 11.7. The van der Waals surface area contributed by atoms with Crippen molar-refractivity contribution in [3.63, 3.8) is 0 Å². The summed E-state index contributed by atoms with van der Waals surface area (Å²) in [7, 11) is 1.99. The van der Waals surface area contributed by atoms with E-state index in [9.17, 15) is 4.79 Å². The molecule has 1 fully saturated rings. The third-order valence-electron chi connectivity index (χ3n) is 4.00. The third kappa shape index (κ3) is 3.67. The molecule has 3 nitrogen and oxygen atoms in total. The minimum Gasteiger partial charge on any atom is -0.339 e. The molecule has 0 atom stereocenters. The number of rotatable bonds is 3. The zero-order valence-electron chi connectivity index (χ0n) is 11.7. The van der Waals surface area contributed by atoms with E-state index >= 15 is 0 Å². The zero-order chi connectivity index (χ0) is 13.7. The molecule has 0 aliphatic carbocycles. The van der Waals surface area contributed by atoms with Gasteiger partial charge in [-0.15, -0.1) is 0 Å². The second-order valence-electron chi connectivity index (χ2n) is 5.38. The van der Waals surface area contributed by atoms with E-state index in [0.717, 1.165) is 31.5 Å². The minimum absolute atomic E-state index is 0.113. The predicted octanol–water partition coefficient (Wildman–Crippen LogP) is 2.30. The van der Waals surface area contributed by atoms with Gasteiger partial charge in [0.15, 0.2) is 0 Å². The fourth-order valence-electron chi connectivity index (χ4n) is 2.31. The van der Waals surface area contributed by atoms with E-state index in [1.54, 1.807) is 6.08 Å². The number of benzene rings is 1. The molecule has 3 heteroatoms. The Labute approximate surface area is 115 Å². The van der Waals surface area contributed by atoms with Crippen LogP contribution >= 0.6 is 0 Å². The van der Waals surface area contributed by atoms with E-state index in [1.807, 2.05) is 48.4 Å². The number of nitrogens with one attached hydrogen (secondary N) is 1. The molecule has 102 valence electrons. The Morgan fingerprint density at radius 1 is 1.26 bits per heavy atom. The van der Waals surface area contributed by atoms with Crippen LogP contribution in [0.3, 0.4) is 0 Å². The van der Waals surface area contributed by atoms with Crippen molar-refractivity contribution in [2.75, 3.05) is 20.1 Å². The first-order valence-corrected chi connectivity index (χ1v) is 6.84. The molecule has 1 aliphatic rings. The number of likely N-dealkylation sites (tertiary alicyclic amines) is 1. The maximum absolute atomic E-state index is 12.1. The molecule has 2 rings (SSSR count). The van der Waals surface area contributed by atoms with Crippen molar-refractivity contribution in [3.05, 3.63) is 42.0 Å². The first kappa shape index (κ1) is 13.8. The summed E-state index contributed by atoms with van der Waals surface area (Å²) in [6, 6.07) is 9.92. The molecule has 1 N–H and O–H groups in total. The van der Waals surface area contributed by atoms with Crippen molar-refractivity contribution < 1.29 is 4.79 Å². The van der Waals surface area contributed by atoms with Gasteiger partial charge in [0.05, 0.1) is 0 Å². The number of nitrogens with zero attached hydrogens (tertiary/aromatic N) is 1. The molecule has 1 aromatic carbocycles. The average molecular weight is 258 g/mol. The van der Waals surface area contributed by atoms with Crippen LogP contribution in [-0.4, -0.2) is 36.5 Å². The smallest absolute Gasteiger partial charge is 0.246 e. The molecule has 0 saturated carbocycles. The van der Waals surface area contributed by atoms with Crippen LogP contribution in [0.15, 0.2) is 36.4 Å². The first-order chi connectivity index (χ1) is 9.13. The van der Waals surface area contributed by atoms with Crippen LogP contribution in [0.1, 0.15) is 25.3 Å². The molecular weight excluding hydrogens is 236 g/mol. The highest BCUT2D eigenvalue weighted by Gasteiger charge is 2.29. The van der Waals surface area contributed by atoms with Crippen molar-refractivity contribution in [1.82, 2.24) is 10.2 Å². The third-order valence-corrected chi connectivity index (χ3v) is 4.00. The Balaban J connectivity index is 1.90. The largest absolute Gasteiger partial charge is 0.339 e. The Morgan fingerprint density at radius 3 is 2.47 bits per heavy atom. The number of amides is 1. The standard InChI is InChI=1S/C16H22N2O/c1-16(17-2)10-12-18(13-11-16)15(19)9-8-14-6-4-3-5-7-14/h3-9,17H,10-13H2,1-2H3/b9-8+. The number of piperidine rings is 1. The molecule has 1 aliphatic heterocycles. The Bertz CT molecular complexity index is 445. The lowest BCUT2D eigenvalue weighted by atomic mass is 9.90. The van der Waals surface area contributed by atoms with Crippen LogP contribution in [0.2, 0.25) is 0 Å². The monoisotopic (exact) mass is 258 g/mol. The van der Waals surface area contributed by atoms with Gasteiger partial charge in [-0.1, -0.05) is 30.3 Å². The van der Waals surface area contributed by atoms with Crippen LogP contribution < -0.4 is 5.32 Å². The number of hydrogen-bond acceptors (Lipinski definition) is 2. The Morgan fingerprint density at radius 2 is 1.89 bits per heavy atom. The minimum atomic E-state index is 0.113. The van der Waals surface area contributed by atoms with Gasteiger partial charge in [-0.2, -0.15) is 0 Å². The molecule has 0 aromatic heterocycles. The summed E-state index contributed by atoms with van der Waals surface area (Å²) in [5.41, 5.74) is 1.24. The first-order valence-electron chi connectivity index (χ1n) is 6.84. The fraction of sp³-hybridized carbons (Fsp3) is 0.438. The maximum Gasteiger partial charge on any atom is 0.246 e. The summed E-state index contributed by atoms with van der Waals surface area (Å²) >= 11 is 0. The van der Waals surface area contributed by atoms with Gasteiger partial charge in [-0.05, 0) is 38.5 Å². The van der Waals surface area contributed by atoms with E-state index in [0.29, 0.717) is 0 Å². The van der Waals surface area contributed by atoms with Gasteiger partial charge in [-0.25, -0.2) is 0 Å². The molecule has 0 spiro atoms. The van der Waals surface area contributed by atoms with Crippen LogP contribution in [0, 0.1) is 0 Å². The molecule has 0 unspecified atom stereocenters. The molecule has 1 heterocycles. The maximum atomic E-state index is 12.1. The van der Waals surface area contributed by atoms with Crippen LogP contribution in [-0.2, 0) is 4.79 Å². The van der Waals surface area contributed by atoms with E-state index < -0.39 is 0 Å².